The molecule has 12 heteroatoms. The molecule has 6 aromatic rings. The van der Waals surface area contributed by atoms with E-state index in [1.165, 1.54) is 4.90 Å². The van der Waals surface area contributed by atoms with Crippen molar-refractivity contribution in [2.24, 2.45) is 0 Å². The maximum atomic E-state index is 14.4. The van der Waals surface area contributed by atoms with E-state index in [4.69, 9.17) is 0 Å². The van der Waals surface area contributed by atoms with Crippen LogP contribution in [0.1, 0.15) is 59.5 Å². The zero-order valence-electron chi connectivity index (χ0n) is 29.2. The van der Waals surface area contributed by atoms with E-state index in [1.54, 1.807) is 18.1 Å². The first-order valence-corrected chi connectivity index (χ1v) is 17.7. The number of aromatic amines is 1. The minimum absolute atomic E-state index is 0.0170. The van der Waals surface area contributed by atoms with E-state index in [2.05, 4.69) is 32.9 Å². The summed E-state index contributed by atoms with van der Waals surface area (Å²) in [7, 11) is 1.72. The number of nitrogens with zero attached hydrogens (tertiary/aromatic N) is 6. The lowest BCUT2D eigenvalue weighted by Gasteiger charge is -2.28. The number of carbonyl (C=O) groups is 3. The number of nitrogens with one attached hydrogen (secondary N) is 2. The van der Waals surface area contributed by atoms with E-state index < -0.39 is 24.1 Å². The van der Waals surface area contributed by atoms with Crippen LogP contribution in [0, 0.1) is 0 Å². The summed E-state index contributed by atoms with van der Waals surface area (Å²) in [5, 5.41) is 31.5. The molecule has 0 radical (unpaired) electrons. The summed E-state index contributed by atoms with van der Waals surface area (Å²) < 4.78 is 1.99. The van der Waals surface area contributed by atoms with Crippen LogP contribution >= 0.6 is 0 Å². The Morgan fingerprint density at radius 3 is 2.48 bits per heavy atom. The third-order valence-electron chi connectivity index (χ3n) is 9.88. The first-order chi connectivity index (χ1) is 25.3. The minimum atomic E-state index is -0.986. The predicted octanol–water partition coefficient (Wildman–Crippen LogP) is 4.66. The molecule has 0 aliphatic carbocycles. The van der Waals surface area contributed by atoms with Crippen molar-refractivity contribution in [3.8, 4) is 0 Å². The summed E-state index contributed by atoms with van der Waals surface area (Å²) >= 11 is 0. The highest BCUT2D eigenvalue weighted by Gasteiger charge is 2.41. The largest absolute Gasteiger partial charge is 0.391 e. The number of β-amino-alcohol motifs (C(OH)–C–C–N with tert-alkyl or cyclic N) is 1. The van der Waals surface area contributed by atoms with Crippen molar-refractivity contribution in [2.75, 3.05) is 13.6 Å². The number of fused-ring (bicyclic) bond motifs is 2. The number of hydrogen-bond donors (Lipinski definition) is 3. The number of likely N-dealkylation sites (tertiary alicyclic amines) is 1. The molecule has 52 heavy (non-hydrogen) atoms. The van der Waals surface area contributed by atoms with Crippen LogP contribution in [0.3, 0.4) is 0 Å². The molecule has 4 aromatic carbocycles. The van der Waals surface area contributed by atoms with Gasteiger partial charge in [-0.3, -0.25) is 14.4 Å². The van der Waals surface area contributed by atoms with Crippen LogP contribution in [0.5, 0.6) is 0 Å². The Hall–Kier alpha value is -5.88. The molecule has 1 aliphatic heterocycles. The molecule has 3 N–H and O–H groups in total. The summed E-state index contributed by atoms with van der Waals surface area (Å²) in [5.74, 6) is -0.617. The number of aliphatic hydroxyl groups excluding tert-OH is 1. The van der Waals surface area contributed by atoms with E-state index in [0.29, 0.717) is 29.7 Å². The summed E-state index contributed by atoms with van der Waals surface area (Å²) in [6.45, 7) is 2.41. The summed E-state index contributed by atoms with van der Waals surface area (Å²) in [6.07, 6.45) is 2.73. The molecule has 1 fully saturated rings. The molecule has 4 atom stereocenters. The number of likely N-dealkylation sites (N-methyl/N-ethyl adjacent to an activating group) is 1. The first kappa shape index (κ1) is 34.6. The van der Waals surface area contributed by atoms with Gasteiger partial charge in [-0.15, -0.1) is 10.2 Å². The van der Waals surface area contributed by atoms with Gasteiger partial charge < -0.3 is 24.8 Å². The van der Waals surface area contributed by atoms with Crippen LogP contribution in [0.25, 0.3) is 21.7 Å². The van der Waals surface area contributed by atoms with Crippen molar-refractivity contribution in [3.05, 3.63) is 126 Å². The smallest absolute Gasteiger partial charge is 0.256 e. The molecule has 1 aliphatic rings. The SMILES string of the molecule is CCCC(c1nn[nH]n1)n1cc(C(=O)N2C[C@H](O)C[C@H]2C(=O)N[C@@H](Cc2ccc3ccccc3c2)C(=O)N(C)Cc2ccccc2)c2ccccc21. The predicted molar refractivity (Wildman–Crippen MR) is 197 cm³/mol. The normalized spacial score (nSPS) is 16.9. The quantitative estimate of drug-likeness (QED) is 0.168. The van der Waals surface area contributed by atoms with E-state index in [-0.39, 0.29) is 37.2 Å². The van der Waals surface area contributed by atoms with Crippen LogP contribution in [-0.2, 0) is 22.6 Å². The van der Waals surface area contributed by atoms with E-state index in [9.17, 15) is 19.5 Å². The standard InChI is InChI=1S/C40H42N8O4/c1-3-11-35(37-42-44-45-43-37)47-25-32(31-16-9-10-17-34(31)47)39(51)48-24-30(49)22-36(48)38(50)41-33(40(52)46(2)23-26-12-5-4-6-13-26)21-27-18-19-28-14-7-8-15-29(28)20-27/h4-10,12-20,25,30,33,35-36,49H,3,11,21-24H2,1-2H3,(H,41,50)(H,42,43,44,45)/t30-,33+,35?,36+/m1/s1. The monoisotopic (exact) mass is 698 g/mol. The van der Waals surface area contributed by atoms with Gasteiger partial charge in [0.25, 0.3) is 5.91 Å². The van der Waals surface area contributed by atoms with Gasteiger partial charge in [0.05, 0.1) is 17.7 Å². The van der Waals surface area contributed by atoms with Gasteiger partial charge in [-0.25, -0.2) is 0 Å². The Morgan fingerprint density at radius 1 is 0.962 bits per heavy atom. The lowest BCUT2D eigenvalue weighted by molar-refractivity contribution is -0.136. The van der Waals surface area contributed by atoms with Crippen LogP contribution in [-0.4, -0.2) is 89.6 Å². The Morgan fingerprint density at radius 2 is 1.71 bits per heavy atom. The van der Waals surface area contributed by atoms with Gasteiger partial charge in [-0.1, -0.05) is 110 Å². The van der Waals surface area contributed by atoms with Crippen LogP contribution in [0.2, 0.25) is 0 Å². The molecule has 1 saturated heterocycles. The van der Waals surface area contributed by atoms with Crippen LogP contribution in [0.15, 0.2) is 103 Å². The van der Waals surface area contributed by atoms with Crippen molar-refractivity contribution < 1.29 is 19.5 Å². The fraction of sp³-hybridized carbons (Fsp3) is 0.300. The van der Waals surface area contributed by atoms with E-state index >= 15 is 0 Å². The molecular formula is C40H42N8O4. The molecule has 2 aromatic heterocycles. The van der Waals surface area contributed by atoms with Gasteiger partial charge in [0, 0.05) is 50.1 Å². The zero-order valence-corrected chi connectivity index (χ0v) is 29.2. The Labute approximate surface area is 301 Å². The number of amides is 3. The van der Waals surface area contributed by atoms with Crippen LogP contribution in [0.4, 0.5) is 0 Å². The molecule has 0 spiro atoms. The summed E-state index contributed by atoms with van der Waals surface area (Å²) in [5.41, 5.74) is 3.07. The minimum Gasteiger partial charge on any atom is -0.391 e. The molecule has 266 valence electrons. The second-order valence-corrected chi connectivity index (χ2v) is 13.5. The molecule has 0 bridgehead atoms. The highest BCUT2D eigenvalue weighted by Crippen LogP contribution is 2.32. The zero-order chi connectivity index (χ0) is 36.2. The third kappa shape index (κ3) is 7.15. The highest BCUT2D eigenvalue weighted by atomic mass is 16.3. The number of tetrazole rings is 1. The first-order valence-electron chi connectivity index (χ1n) is 17.7. The number of para-hydroxylation sites is 1. The number of benzene rings is 4. The lowest BCUT2D eigenvalue weighted by Crippen LogP contribution is -2.54. The van der Waals surface area contributed by atoms with Crippen molar-refractivity contribution in [3.63, 3.8) is 0 Å². The number of hydrogen-bond acceptors (Lipinski definition) is 7. The maximum absolute atomic E-state index is 14.4. The number of aromatic nitrogens is 5. The molecule has 3 heterocycles. The van der Waals surface area contributed by atoms with Gasteiger partial charge in [0.1, 0.15) is 12.1 Å². The molecule has 3 amide bonds. The molecule has 0 saturated carbocycles. The highest BCUT2D eigenvalue weighted by molar-refractivity contribution is 6.08. The fourth-order valence-electron chi connectivity index (χ4n) is 7.32. The van der Waals surface area contributed by atoms with Gasteiger partial charge in [0.15, 0.2) is 5.82 Å². The van der Waals surface area contributed by atoms with Crippen molar-refractivity contribution >= 4 is 39.4 Å². The van der Waals surface area contributed by atoms with E-state index in [1.807, 2.05) is 102 Å². The molecule has 12 nitrogen and oxygen atoms in total. The number of rotatable bonds is 12. The average Bonchev–Trinajstić information content (AvgIpc) is 3.93. The average molecular weight is 699 g/mol. The van der Waals surface area contributed by atoms with Gasteiger partial charge in [-0.05, 0) is 34.4 Å². The summed E-state index contributed by atoms with van der Waals surface area (Å²) in [4.78, 5) is 45.8. The fourth-order valence-corrected chi connectivity index (χ4v) is 7.32. The van der Waals surface area contributed by atoms with Crippen molar-refractivity contribution in [1.82, 2.24) is 40.3 Å². The van der Waals surface area contributed by atoms with E-state index in [0.717, 1.165) is 33.8 Å². The number of carbonyl (C=O) groups excluding carboxylic acids is 3. The molecule has 1 unspecified atom stereocenters. The second kappa shape index (κ2) is 15.2. The lowest BCUT2D eigenvalue weighted by atomic mass is 10.00. The Balaban J connectivity index is 1.17. The number of H-pyrrole nitrogens is 1. The Kier molecular flexibility index (Phi) is 10.1. The van der Waals surface area contributed by atoms with Gasteiger partial charge in [-0.2, -0.15) is 5.21 Å². The second-order valence-electron chi connectivity index (χ2n) is 13.5. The van der Waals surface area contributed by atoms with Crippen LogP contribution < -0.4 is 5.32 Å². The summed E-state index contributed by atoms with van der Waals surface area (Å²) in [6, 6.07) is 29.1. The molecular weight excluding hydrogens is 656 g/mol. The Bertz CT molecular complexity index is 2180. The third-order valence-corrected chi connectivity index (χ3v) is 9.88. The van der Waals surface area contributed by atoms with Crippen molar-refractivity contribution in [2.45, 2.75) is 63.4 Å². The molecule has 7 rings (SSSR count). The van der Waals surface area contributed by atoms with Gasteiger partial charge in [0.2, 0.25) is 11.8 Å². The maximum Gasteiger partial charge on any atom is 0.256 e. The van der Waals surface area contributed by atoms with Crippen molar-refractivity contribution in [1.29, 1.82) is 0 Å². The number of aliphatic hydroxyl groups is 1. The van der Waals surface area contributed by atoms with Gasteiger partial charge >= 0.3 is 0 Å². The topological polar surface area (TPSA) is 149 Å².